The van der Waals surface area contributed by atoms with Crippen molar-refractivity contribution >= 4 is 24.0 Å². The fraction of sp³-hybridized carbons (Fsp3) is 0.762. The summed E-state index contributed by atoms with van der Waals surface area (Å²) in [4.78, 5) is 66.2. The second-order valence-electron chi connectivity index (χ2n) is 17.0. The molecule has 0 atom stereocenters. The molecular weight excluding hydrogens is 681 g/mol. The number of nitrogens with one attached hydrogen (secondary N) is 6. The van der Waals surface area contributed by atoms with Gasteiger partial charge in [0.15, 0.2) is 0 Å². The molecule has 0 spiro atoms. The zero-order valence-corrected chi connectivity index (χ0v) is 33.2. The van der Waals surface area contributed by atoms with Gasteiger partial charge in [0.1, 0.15) is 0 Å². The van der Waals surface area contributed by atoms with Gasteiger partial charge in [-0.05, 0) is 76.0 Å². The largest absolute Gasteiger partial charge is 0.332 e. The average molecular weight is 749 g/mol. The first-order valence-corrected chi connectivity index (χ1v) is 21.6. The van der Waals surface area contributed by atoms with Crippen LogP contribution in [0.15, 0.2) is 21.7 Å². The van der Waals surface area contributed by atoms with E-state index in [9.17, 15) is 19.2 Å². The van der Waals surface area contributed by atoms with Crippen molar-refractivity contribution in [3.8, 4) is 0 Å². The number of unbranched alkanes of at least 4 members (excludes halogenated alkanes) is 16. The summed E-state index contributed by atoms with van der Waals surface area (Å²) in [5.74, 6) is 1.07. The quantitative estimate of drug-likeness (QED) is 0.0584. The summed E-state index contributed by atoms with van der Waals surface area (Å²) in [6.45, 7) is 4.47. The minimum absolute atomic E-state index is 0.157. The lowest BCUT2D eigenvalue weighted by Crippen LogP contribution is -2.70. The van der Waals surface area contributed by atoms with Gasteiger partial charge >= 0.3 is 12.1 Å². The summed E-state index contributed by atoms with van der Waals surface area (Å²) >= 11 is 0. The number of urea groups is 2. The van der Waals surface area contributed by atoms with E-state index in [1.54, 1.807) is 0 Å². The highest BCUT2D eigenvalue weighted by atomic mass is 16.2. The molecule has 2 aromatic rings. The van der Waals surface area contributed by atoms with Crippen LogP contribution in [0.25, 0.3) is 0 Å². The van der Waals surface area contributed by atoms with E-state index in [4.69, 9.17) is 0 Å². The second-order valence-corrected chi connectivity index (χ2v) is 17.0. The van der Waals surface area contributed by atoms with Gasteiger partial charge in [-0.15, -0.1) is 0 Å². The number of H-pyrrole nitrogens is 2. The molecule has 12 heteroatoms. The van der Waals surface area contributed by atoms with Gasteiger partial charge in [-0.3, -0.25) is 30.2 Å². The molecule has 6 rings (SSSR count). The van der Waals surface area contributed by atoms with Crippen molar-refractivity contribution in [3.05, 3.63) is 44.2 Å². The van der Waals surface area contributed by atoms with Gasteiger partial charge in [-0.25, -0.2) is 19.6 Å². The summed E-state index contributed by atoms with van der Waals surface area (Å²) < 4.78 is 0. The van der Waals surface area contributed by atoms with Crippen molar-refractivity contribution in [2.75, 3.05) is 10.6 Å². The van der Waals surface area contributed by atoms with Gasteiger partial charge in [-0.1, -0.05) is 117 Å². The highest BCUT2D eigenvalue weighted by molar-refractivity contribution is 5.89. The molecule has 4 amide bonds. The molecule has 0 aromatic carbocycles. The third-order valence-electron chi connectivity index (χ3n) is 11.9. The number of amides is 4. The number of aryl methyl sites for hydroxylation is 2. The van der Waals surface area contributed by atoms with Crippen LogP contribution in [0.5, 0.6) is 0 Å². The van der Waals surface area contributed by atoms with E-state index in [0.717, 1.165) is 57.8 Å². The van der Waals surface area contributed by atoms with Crippen LogP contribution in [0.2, 0.25) is 0 Å². The van der Waals surface area contributed by atoms with Crippen LogP contribution in [0.4, 0.5) is 21.5 Å². The van der Waals surface area contributed by atoms with Crippen LogP contribution in [0, 0.1) is 11.8 Å². The number of hydrogen-bond donors (Lipinski definition) is 6. The summed E-state index contributed by atoms with van der Waals surface area (Å²) in [5, 5.41) is 12.1. The number of rotatable bonds is 24. The summed E-state index contributed by atoms with van der Waals surface area (Å²) in [6.07, 6.45) is 28.5. The maximum atomic E-state index is 13.4. The topological polar surface area (TPSA) is 174 Å². The molecule has 4 aliphatic carbocycles. The zero-order valence-electron chi connectivity index (χ0n) is 33.2. The van der Waals surface area contributed by atoms with E-state index in [2.05, 4.69) is 55.1 Å². The first-order valence-electron chi connectivity index (χ1n) is 21.6. The summed E-state index contributed by atoms with van der Waals surface area (Å²) in [5.41, 5.74) is -0.132. The molecule has 6 N–H and O–H groups in total. The van der Waals surface area contributed by atoms with Crippen molar-refractivity contribution < 1.29 is 9.59 Å². The van der Waals surface area contributed by atoms with E-state index in [1.807, 2.05) is 0 Å². The van der Waals surface area contributed by atoms with Crippen molar-refractivity contribution in [1.29, 1.82) is 0 Å². The fourth-order valence-electron chi connectivity index (χ4n) is 9.94. The lowest BCUT2D eigenvalue weighted by Gasteiger charge is -2.62. The molecule has 300 valence electrons. The van der Waals surface area contributed by atoms with Crippen LogP contribution in [-0.4, -0.2) is 43.1 Å². The lowest BCUT2D eigenvalue weighted by molar-refractivity contribution is -0.0400. The Morgan fingerprint density at radius 2 is 0.944 bits per heavy atom. The van der Waals surface area contributed by atoms with Crippen LogP contribution in [0.1, 0.15) is 179 Å². The van der Waals surface area contributed by atoms with E-state index in [1.165, 1.54) is 102 Å². The van der Waals surface area contributed by atoms with Crippen LogP contribution < -0.4 is 32.4 Å². The smallest absolute Gasteiger partial charge is 0.321 e. The van der Waals surface area contributed by atoms with Crippen LogP contribution in [-0.2, 0) is 12.8 Å². The van der Waals surface area contributed by atoms with Crippen LogP contribution >= 0.6 is 0 Å². The standard InChI is InChI=1S/C42H68N8O4/c1-3-5-7-9-11-13-15-17-19-21-33-24-35(51)45-37(43-33)47-39(53)49-41-26-31-23-32(27-41)29-42(28-31,30-41)50-40(54)48-38-44-34(25-36(52)46-38)22-20-18-16-14-12-10-8-6-4-2/h24-25,31-32H,3-23,26-30H2,1-2H3,(H3,43,45,47,49,51,53)(H3,44,46,48,50,52,54). The molecule has 2 heterocycles. The zero-order chi connectivity index (χ0) is 38.2. The third kappa shape index (κ3) is 13.3. The van der Waals surface area contributed by atoms with Crippen LogP contribution in [0.3, 0.4) is 0 Å². The number of carbonyl (C=O) groups excluding carboxylic acids is 2. The summed E-state index contributed by atoms with van der Waals surface area (Å²) in [7, 11) is 0. The van der Waals surface area contributed by atoms with Crippen molar-refractivity contribution in [2.24, 2.45) is 11.8 Å². The molecule has 0 aliphatic heterocycles. The number of aromatic amines is 2. The average Bonchev–Trinajstić information content (AvgIpc) is 3.08. The number of hydrogen-bond acceptors (Lipinski definition) is 6. The molecule has 54 heavy (non-hydrogen) atoms. The molecule has 12 nitrogen and oxygen atoms in total. The Labute approximate surface area is 322 Å². The van der Waals surface area contributed by atoms with E-state index >= 15 is 0 Å². The van der Waals surface area contributed by atoms with Gasteiger partial charge in [0, 0.05) is 34.6 Å². The van der Waals surface area contributed by atoms with Gasteiger partial charge in [0.05, 0.1) is 0 Å². The maximum absolute atomic E-state index is 13.4. The Morgan fingerprint density at radius 1 is 0.593 bits per heavy atom. The second kappa shape index (κ2) is 20.8. The molecule has 4 bridgehead atoms. The molecule has 0 radical (unpaired) electrons. The first kappa shape index (κ1) is 41.5. The van der Waals surface area contributed by atoms with Gasteiger partial charge < -0.3 is 10.6 Å². The van der Waals surface area contributed by atoms with Gasteiger partial charge in [0.25, 0.3) is 11.1 Å². The molecule has 2 aromatic heterocycles. The molecular formula is C42H68N8O4. The summed E-state index contributed by atoms with van der Waals surface area (Å²) in [6, 6.07) is 2.25. The Kier molecular flexibility index (Phi) is 16.0. The van der Waals surface area contributed by atoms with E-state index in [0.29, 0.717) is 42.5 Å². The SMILES string of the molecule is CCCCCCCCCCCc1cc(=O)[nH]c(NC(=O)NC23CC4CC(C2)CC(NC(=O)Nc2nc(CCCCCCCCCCC)cc(=O)[nH]2)(C4)C3)n1. The van der Waals surface area contributed by atoms with E-state index < -0.39 is 23.1 Å². The van der Waals surface area contributed by atoms with Crippen molar-refractivity contribution in [3.63, 3.8) is 0 Å². The highest BCUT2D eigenvalue weighted by Gasteiger charge is 2.59. The Morgan fingerprint density at radius 3 is 1.31 bits per heavy atom. The fourth-order valence-corrected chi connectivity index (χ4v) is 9.94. The first-order chi connectivity index (χ1) is 26.2. The number of anilines is 2. The predicted molar refractivity (Wildman–Crippen MR) is 216 cm³/mol. The molecule has 0 unspecified atom stereocenters. The van der Waals surface area contributed by atoms with Gasteiger partial charge in [0.2, 0.25) is 11.9 Å². The monoisotopic (exact) mass is 749 g/mol. The predicted octanol–water partition coefficient (Wildman–Crippen LogP) is 9.03. The Balaban J connectivity index is 1.09. The van der Waals surface area contributed by atoms with E-state index in [-0.39, 0.29) is 23.0 Å². The minimum Gasteiger partial charge on any atom is -0.332 e. The van der Waals surface area contributed by atoms with Crippen molar-refractivity contribution in [2.45, 2.75) is 192 Å². The molecule has 4 aliphatic rings. The minimum atomic E-state index is -0.474. The molecule has 0 saturated heterocycles. The third-order valence-corrected chi connectivity index (χ3v) is 11.9. The number of carbonyl (C=O) groups is 2. The Hall–Kier alpha value is -3.70. The van der Waals surface area contributed by atoms with Crippen molar-refractivity contribution in [1.82, 2.24) is 30.6 Å². The lowest BCUT2D eigenvalue weighted by atomic mass is 9.50. The highest BCUT2D eigenvalue weighted by Crippen LogP contribution is 2.57. The number of aromatic nitrogens is 4. The molecule has 4 fully saturated rings. The normalized spacial score (nSPS) is 22.6. The van der Waals surface area contributed by atoms with Gasteiger partial charge in [-0.2, -0.15) is 0 Å². The number of nitrogens with zero attached hydrogens (tertiary/aromatic N) is 2. The molecule has 4 saturated carbocycles. The maximum Gasteiger partial charge on any atom is 0.321 e. The Bertz CT molecular complexity index is 1480.